The first-order valence-corrected chi connectivity index (χ1v) is 18.1. The number of nitrogens with zero attached hydrogens (tertiary/aromatic N) is 4. The van der Waals surface area contributed by atoms with Crippen molar-refractivity contribution in [3.05, 3.63) is 108 Å². The smallest absolute Gasteiger partial charge is 0.308 e. The molecule has 3 aromatic carbocycles. The topological polar surface area (TPSA) is 109 Å². The molecule has 2 aliphatic rings. The van der Waals surface area contributed by atoms with Crippen molar-refractivity contribution in [3.63, 3.8) is 0 Å². The van der Waals surface area contributed by atoms with E-state index in [2.05, 4.69) is 42.5 Å². The Balaban J connectivity index is 1.03. The van der Waals surface area contributed by atoms with Crippen molar-refractivity contribution in [2.45, 2.75) is 82.2 Å². The van der Waals surface area contributed by atoms with Crippen LogP contribution in [0.1, 0.15) is 63.3 Å². The minimum atomic E-state index is -3.65. The molecule has 2 amide bonds. The normalized spacial score (nSPS) is 19.8. The molecule has 2 saturated heterocycles. The number of aromatic nitrogens is 3. The van der Waals surface area contributed by atoms with E-state index in [4.69, 9.17) is 5.10 Å². The summed E-state index contributed by atoms with van der Waals surface area (Å²) in [6, 6.07) is 24.8. The molecule has 248 valence electrons. The van der Waals surface area contributed by atoms with Gasteiger partial charge in [-0.3, -0.25) is 10.3 Å². The molecule has 2 aliphatic heterocycles. The summed E-state index contributed by atoms with van der Waals surface area (Å²) in [5.41, 5.74) is 4.53. The summed E-state index contributed by atoms with van der Waals surface area (Å²) < 4.78 is 31.6. The van der Waals surface area contributed by atoms with E-state index in [-0.39, 0.29) is 23.5 Å². The summed E-state index contributed by atoms with van der Waals surface area (Å²) >= 11 is 0. The highest BCUT2D eigenvalue weighted by Gasteiger charge is 2.47. The Morgan fingerprint density at radius 3 is 2.38 bits per heavy atom. The van der Waals surface area contributed by atoms with Gasteiger partial charge in [-0.25, -0.2) is 17.9 Å². The van der Waals surface area contributed by atoms with Crippen LogP contribution in [0.5, 0.6) is 0 Å². The summed E-state index contributed by atoms with van der Waals surface area (Å²) in [7, 11) is -3.65. The van der Waals surface area contributed by atoms with Gasteiger partial charge in [-0.2, -0.15) is 9.40 Å². The highest BCUT2D eigenvalue weighted by atomic mass is 32.2. The van der Waals surface area contributed by atoms with Gasteiger partial charge in [0.15, 0.2) is 0 Å². The number of benzene rings is 3. The molecule has 7 rings (SSSR count). The maximum absolute atomic E-state index is 14.0. The van der Waals surface area contributed by atoms with Gasteiger partial charge in [-0.15, -0.1) is 0 Å². The molecular weight excluding hydrogens is 621 g/mol. The van der Waals surface area contributed by atoms with Crippen molar-refractivity contribution in [1.82, 2.24) is 19.1 Å². The molecule has 0 saturated carbocycles. The van der Waals surface area contributed by atoms with Gasteiger partial charge >= 0.3 is 6.03 Å². The number of hydrogen-bond donors (Lipinski definition) is 2. The van der Waals surface area contributed by atoms with Crippen LogP contribution in [0.4, 0.5) is 16.3 Å². The second-order valence-corrected chi connectivity index (χ2v) is 16.1. The van der Waals surface area contributed by atoms with E-state index >= 15 is 0 Å². The number of piperidine rings is 1. The summed E-state index contributed by atoms with van der Waals surface area (Å²) in [5.74, 6) is 0.948. The van der Waals surface area contributed by atoms with E-state index in [1.54, 1.807) is 39.6 Å². The van der Waals surface area contributed by atoms with Crippen molar-refractivity contribution in [1.29, 1.82) is 0 Å². The third-order valence-electron chi connectivity index (χ3n) is 9.67. The monoisotopic (exact) mass is 662 g/mol. The Morgan fingerprint density at radius 1 is 0.917 bits per heavy atom. The van der Waals surface area contributed by atoms with Crippen LogP contribution in [-0.4, -0.2) is 45.6 Å². The molecule has 0 spiro atoms. The number of pyridine rings is 1. The Bertz CT molecular complexity index is 2060. The lowest BCUT2D eigenvalue weighted by molar-refractivity contribution is 0.190. The number of amides is 2. The number of sulfonamides is 1. The van der Waals surface area contributed by atoms with E-state index < -0.39 is 10.0 Å². The number of rotatable bonds is 7. The fourth-order valence-corrected chi connectivity index (χ4v) is 9.45. The summed E-state index contributed by atoms with van der Waals surface area (Å²) in [6.45, 7) is 8.33. The second kappa shape index (κ2) is 12.5. The molecule has 2 aromatic heterocycles. The van der Waals surface area contributed by atoms with E-state index in [1.807, 2.05) is 61.5 Å². The van der Waals surface area contributed by atoms with Gasteiger partial charge in [0.1, 0.15) is 5.82 Å². The molecule has 10 heteroatoms. The van der Waals surface area contributed by atoms with Crippen molar-refractivity contribution in [2.24, 2.45) is 5.92 Å². The number of carbonyl (C=O) groups excluding carboxylic acids is 1. The van der Waals surface area contributed by atoms with Crippen molar-refractivity contribution >= 4 is 38.3 Å². The quantitative estimate of drug-likeness (QED) is 0.185. The molecule has 48 heavy (non-hydrogen) atoms. The lowest BCUT2D eigenvalue weighted by atomic mass is 9.87. The third-order valence-corrected chi connectivity index (χ3v) is 11.7. The third kappa shape index (κ3) is 6.34. The summed E-state index contributed by atoms with van der Waals surface area (Å²) in [6.07, 6.45) is 7.59. The molecule has 4 heterocycles. The molecule has 9 nitrogen and oxygen atoms in total. The van der Waals surface area contributed by atoms with Crippen molar-refractivity contribution in [3.8, 4) is 5.69 Å². The van der Waals surface area contributed by atoms with E-state index in [0.29, 0.717) is 22.3 Å². The van der Waals surface area contributed by atoms with Gasteiger partial charge in [-0.05, 0) is 86.9 Å². The fourth-order valence-electron chi connectivity index (χ4n) is 7.34. The Hall–Kier alpha value is -4.54. The van der Waals surface area contributed by atoms with E-state index in [0.717, 1.165) is 65.4 Å². The van der Waals surface area contributed by atoms with Crippen LogP contribution in [0, 0.1) is 12.8 Å². The van der Waals surface area contributed by atoms with E-state index in [1.165, 1.54) is 0 Å². The minimum Gasteiger partial charge on any atom is -0.308 e. The molecule has 2 unspecified atom stereocenters. The molecule has 0 radical (unpaired) electrons. The number of nitrogens with one attached hydrogen (secondary N) is 2. The van der Waals surface area contributed by atoms with Gasteiger partial charge < -0.3 is 5.32 Å². The second-order valence-electron chi connectivity index (χ2n) is 14.3. The highest BCUT2D eigenvalue weighted by Crippen LogP contribution is 2.44. The first-order valence-electron chi connectivity index (χ1n) is 16.7. The molecule has 2 bridgehead atoms. The van der Waals surface area contributed by atoms with Gasteiger partial charge in [0.2, 0.25) is 10.0 Å². The molecule has 0 aliphatic carbocycles. The van der Waals surface area contributed by atoms with Crippen LogP contribution in [0.15, 0.2) is 96.2 Å². The lowest BCUT2D eigenvalue weighted by Crippen LogP contribution is -2.46. The zero-order valence-corrected chi connectivity index (χ0v) is 28.7. The average Bonchev–Trinajstić information content (AvgIpc) is 3.60. The maximum atomic E-state index is 14.0. The van der Waals surface area contributed by atoms with Gasteiger partial charge in [-0.1, -0.05) is 62.7 Å². The zero-order valence-electron chi connectivity index (χ0n) is 27.8. The average molecular weight is 663 g/mol. The van der Waals surface area contributed by atoms with Crippen molar-refractivity contribution in [2.75, 3.05) is 10.6 Å². The van der Waals surface area contributed by atoms with Crippen LogP contribution in [0.25, 0.3) is 16.5 Å². The lowest BCUT2D eigenvalue weighted by Gasteiger charge is -2.38. The summed E-state index contributed by atoms with van der Waals surface area (Å²) in [5, 5.41) is 12.4. The van der Waals surface area contributed by atoms with Crippen LogP contribution in [0.3, 0.4) is 0 Å². The fraction of sp³-hybridized carbons (Fsp3) is 0.342. The van der Waals surface area contributed by atoms with E-state index in [9.17, 15) is 13.2 Å². The minimum absolute atomic E-state index is 0.0145. The van der Waals surface area contributed by atoms with Crippen LogP contribution in [-0.2, 0) is 21.9 Å². The first-order chi connectivity index (χ1) is 23.0. The maximum Gasteiger partial charge on any atom is 0.324 e. The predicted molar refractivity (Wildman–Crippen MR) is 190 cm³/mol. The molecule has 2 N–H and O–H groups in total. The molecule has 5 aromatic rings. The van der Waals surface area contributed by atoms with Gasteiger partial charge in [0.25, 0.3) is 0 Å². The molecule has 2 fully saturated rings. The Morgan fingerprint density at radius 2 is 1.65 bits per heavy atom. The standard InChI is InChI=1S/C38H42N6O3S/c1-25-11-13-30(14-12-25)43-36(23-35(42-43)38(2,3)4)41-37(45)40-29-9-5-7-26(20-29)19-27-21-31-15-16-32(22-27)44(31)48(46,47)34-10-6-8-28-24-39-18-17-33(28)34/h5-14,17-18,20,23-24,27,31-32H,15-16,19,21-22H2,1-4H3,(H2,40,41,45). The van der Waals surface area contributed by atoms with Crippen LogP contribution >= 0.6 is 0 Å². The SMILES string of the molecule is Cc1ccc(-n2nc(C(C)(C)C)cc2NC(=O)Nc2cccc(CC3CC4CCC(C3)N4S(=O)(=O)c3cccc4cnccc34)c2)cc1. The number of aryl methyl sites for hydroxylation is 1. The zero-order chi connectivity index (χ0) is 33.6. The highest BCUT2D eigenvalue weighted by molar-refractivity contribution is 7.89. The van der Waals surface area contributed by atoms with Gasteiger partial charge in [0, 0.05) is 52.4 Å². The van der Waals surface area contributed by atoms with Crippen LogP contribution < -0.4 is 10.6 Å². The largest absolute Gasteiger partial charge is 0.324 e. The predicted octanol–water partition coefficient (Wildman–Crippen LogP) is 7.84. The summed E-state index contributed by atoms with van der Waals surface area (Å²) in [4.78, 5) is 17.8. The Labute approximate surface area is 282 Å². The number of hydrogen-bond acceptors (Lipinski definition) is 5. The van der Waals surface area contributed by atoms with Gasteiger partial charge in [0.05, 0.1) is 16.3 Å². The number of carbonyl (C=O) groups is 1. The van der Waals surface area contributed by atoms with Crippen molar-refractivity contribution < 1.29 is 13.2 Å². The molecule has 2 atom stereocenters. The number of anilines is 2. The first kappa shape index (κ1) is 32.0. The number of fused-ring (bicyclic) bond motifs is 3. The number of urea groups is 1. The Kier molecular flexibility index (Phi) is 8.33. The van der Waals surface area contributed by atoms with Crippen LogP contribution in [0.2, 0.25) is 0 Å². The molecular formula is C38H42N6O3S.